The third kappa shape index (κ3) is 5.73. The first-order valence-electron chi connectivity index (χ1n) is 7.38. The highest BCUT2D eigenvalue weighted by atomic mass is 35.5. The maximum absolute atomic E-state index is 12.0. The smallest absolute Gasteiger partial charge is 0.244 e. The van der Waals surface area contributed by atoms with Gasteiger partial charge in [-0.1, -0.05) is 48.4 Å². The molecule has 2 rings (SSSR count). The van der Waals surface area contributed by atoms with Crippen LogP contribution in [0.2, 0.25) is 5.02 Å². The average Bonchev–Trinajstić information content (AvgIpc) is 2.52. The number of amides is 1. The molecule has 0 aromatic heterocycles. The highest BCUT2D eigenvalue weighted by Gasteiger charge is 2.08. The Balaban J connectivity index is 1.97. The second-order valence-corrected chi connectivity index (χ2v) is 6.81. The zero-order valence-corrected chi connectivity index (χ0v) is 14.7. The van der Waals surface area contributed by atoms with Crippen molar-refractivity contribution in [1.82, 2.24) is 5.43 Å². The van der Waals surface area contributed by atoms with Gasteiger partial charge in [-0.05, 0) is 42.0 Å². The van der Waals surface area contributed by atoms with Crippen LogP contribution < -0.4 is 5.43 Å². The molecule has 1 N–H and O–H groups in total. The molecule has 0 atom stereocenters. The molecule has 0 aliphatic carbocycles. The van der Waals surface area contributed by atoms with Gasteiger partial charge in [-0.2, -0.15) is 5.10 Å². The normalized spacial score (nSPS) is 10.9. The highest BCUT2D eigenvalue weighted by molar-refractivity contribution is 7.99. The standard InChI is InChI=1S/C18H19ClN2OS/c1-3-23-17-9-8-16(19)10-15(17)11-18(22)21-20-12-14-6-4-13(2)5-7-14/h4-10,12H,3,11H2,1-2H3,(H,21,22)/b20-12-. The quantitative estimate of drug-likeness (QED) is 0.477. The van der Waals surface area contributed by atoms with Crippen molar-refractivity contribution in [1.29, 1.82) is 0 Å². The average molecular weight is 347 g/mol. The Bertz CT molecular complexity index is 699. The number of nitrogens with one attached hydrogen (secondary N) is 1. The summed E-state index contributed by atoms with van der Waals surface area (Å²) in [5.74, 6) is 0.788. The number of benzene rings is 2. The van der Waals surface area contributed by atoms with E-state index in [4.69, 9.17) is 11.6 Å². The van der Waals surface area contributed by atoms with Crippen molar-refractivity contribution >= 4 is 35.5 Å². The summed E-state index contributed by atoms with van der Waals surface area (Å²) in [4.78, 5) is 13.1. The molecule has 0 heterocycles. The van der Waals surface area contributed by atoms with Gasteiger partial charge >= 0.3 is 0 Å². The van der Waals surface area contributed by atoms with Crippen LogP contribution in [0.3, 0.4) is 0 Å². The maximum Gasteiger partial charge on any atom is 0.244 e. The summed E-state index contributed by atoms with van der Waals surface area (Å²) in [6.07, 6.45) is 1.89. The van der Waals surface area contributed by atoms with E-state index in [0.717, 1.165) is 21.8 Å². The van der Waals surface area contributed by atoms with Gasteiger partial charge in [-0.25, -0.2) is 5.43 Å². The summed E-state index contributed by atoms with van der Waals surface area (Å²) in [5.41, 5.74) is 5.62. The van der Waals surface area contributed by atoms with Crippen LogP contribution in [0.1, 0.15) is 23.6 Å². The molecule has 0 saturated carbocycles. The molecule has 0 saturated heterocycles. The van der Waals surface area contributed by atoms with Gasteiger partial charge in [0, 0.05) is 9.92 Å². The summed E-state index contributed by atoms with van der Waals surface area (Å²) >= 11 is 7.72. The molecule has 1 amide bonds. The van der Waals surface area contributed by atoms with Crippen molar-refractivity contribution in [3.8, 4) is 0 Å². The minimum atomic E-state index is -0.159. The largest absolute Gasteiger partial charge is 0.273 e. The molecule has 0 aliphatic heterocycles. The molecule has 0 fully saturated rings. The van der Waals surface area contributed by atoms with Crippen LogP contribution >= 0.6 is 23.4 Å². The number of hydrogen-bond donors (Lipinski definition) is 1. The number of carbonyl (C=O) groups excluding carboxylic acids is 1. The van der Waals surface area contributed by atoms with Crippen LogP contribution in [0.25, 0.3) is 0 Å². The van der Waals surface area contributed by atoms with E-state index in [-0.39, 0.29) is 12.3 Å². The number of hydrazone groups is 1. The fourth-order valence-electron chi connectivity index (χ4n) is 2.03. The van der Waals surface area contributed by atoms with E-state index in [0.29, 0.717) is 5.02 Å². The lowest BCUT2D eigenvalue weighted by Crippen LogP contribution is -2.20. The lowest BCUT2D eigenvalue weighted by Gasteiger charge is -2.08. The Kier molecular flexibility index (Phi) is 6.68. The lowest BCUT2D eigenvalue weighted by molar-refractivity contribution is -0.120. The lowest BCUT2D eigenvalue weighted by atomic mass is 10.1. The van der Waals surface area contributed by atoms with Gasteiger partial charge in [0.05, 0.1) is 12.6 Å². The summed E-state index contributed by atoms with van der Waals surface area (Å²) in [6.45, 7) is 4.11. The van der Waals surface area contributed by atoms with E-state index in [9.17, 15) is 4.79 Å². The molecule has 0 radical (unpaired) electrons. The zero-order chi connectivity index (χ0) is 16.7. The minimum Gasteiger partial charge on any atom is -0.273 e. The Labute approximate surface area is 146 Å². The SMILES string of the molecule is CCSc1ccc(Cl)cc1CC(=O)N/N=C\c1ccc(C)cc1. The number of hydrogen-bond acceptors (Lipinski definition) is 3. The van der Waals surface area contributed by atoms with Gasteiger partial charge in [-0.15, -0.1) is 11.8 Å². The fourth-order valence-corrected chi connectivity index (χ4v) is 3.01. The molecule has 0 bridgehead atoms. The summed E-state index contributed by atoms with van der Waals surface area (Å²) < 4.78 is 0. The Morgan fingerprint density at radius 2 is 2.00 bits per heavy atom. The van der Waals surface area contributed by atoms with Gasteiger partial charge < -0.3 is 0 Å². The molecule has 5 heteroatoms. The molecular weight excluding hydrogens is 328 g/mol. The van der Waals surface area contributed by atoms with E-state index in [1.807, 2.05) is 49.4 Å². The molecule has 2 aromatic carbocycles. The van der Waals surface area contributed by atoms with Crippen molar-refractivity contribution in [2.75, 3.05) is 5.75 Å². The Hall–Kier alpha value is -1.78. The molecule has 0 unspecified atom stereocenters. The van der Waals surface area contributed by atoms with Crippen LogP contribution in [0.15, 0.2) is 52.5 Å². The summed E-state index contributed by atoms with van der Waals surface area (Å²) in [6, 6.07) is 13.6. The van der Waals surface area contributed by atoms with Crippen LogP contribution in [0, 0.1) is 6.92 Å². The number of nitrogens with zero attached hydrogens (tertiary/aromatic N) is 1. The third-order valence-corrected chi connectivity index (χ3v) is 4.39. The van der Waals surface area contributed by atoms with E-state index >= 15 is 0 Å². The minimum absolute atomic E-state index is 0.159. The highest BCUT2D eigenvalue weighted by Crippen LogP contribution is 2.26. The van der Waals surface area contributed by atoms with Gasteiger partial charge in [0.15, 0.2) is 0 Å². The molecule has 0 spiro atoms. The summed E-state index contributed by atoms with van der Waals surface area (Å²) in [7, 11) is 0. The summed E-state index contributed by atoms with van der Waals surface area (Å²) in [5, 5.41) is 4.64. The first-order valence-corrected chi connectivity index (χ1v) is 8.74. The van der Waals surface area contributed by atoms with Gasteiger partial charge in [0.1, 0.15) is 0 Å². The van der Waals surface area contributed by atoms with Gasteiger partial charge in [0.2, 0.25) is 5.91 Å². The monoisotopic (exact) mass is 346 g/mol. The van der Waals surface area contributed by atoms with Crippen LogP contribution in [0.4, 0.5) is 0 Å². The first-order chi connectivity index (χ1) is 11.1. The molecular formula is C18H19ClN2OS. The maximum atomic E-state index is 12.0. The predicted molar refractivity (Wildman–Crippen MR) is 98.5 cm³/mol. The second-order valence-electron chi connectivity index (χ2n) is 5.07. The van der Waals surface area contributed by atoms with Crippen molar-refractivity contribution in [3.63, 3.8) is 0 Å². The van der Waals surface area contributed by atoms with Crippen molar-refractivity contribution in [2.24, 2.45) is 5.10 Å². The molecule has 23 heavy (non-hydrogen) atoms. The van der Waals surface area contributed by atoms with Crippen LogP contribution in [0.5, 0.6) is 0 Å². The van der Waals surface area contributed by atoms with Gasteiger partial charge in [0.25, 0.3) is 0 Å². The molecule has 3 nitrogen and oxygen atoms in total. The van der Waals surface area contributed by atoms with Crippen LogP contribution in [-0.2, 0) is 11.2 Å². The number of aryl methyl sites for hydroxylation is 1. The number of rotatable bonds is 6. The number of halogens is 1. The first kappa shape index (κ1) is 17.6. The number of carbonyl (C=O) groups is 1. The fraction of sp³-hybridized carbons (Fsp3) is 0.222. The third-order valence-electron chi connectivity index (χ3n) is 3.15. The van der Waals surface area contributed by atoms with Gasteiger partial charge in [-0.3, -0.25) is 4.79 Å². The Morgan fingerprint density at radius 3 is 2.70 bits per heavy atom. The van der Waals surface area contributed by atoms with Crippen molar-refractivity contribution in [2.45, 2.75) is 25.2 Å². The molecule has 0 aliphatic rings. The van der Waals surface area contributed by atoms with Crippen LogP contribution in [-0.4, -0.2) is 17.9 Å². The second kappa shape index (κ2) is 8.75. The molecule has 2 aromatic rings. The predicted octanol–water partition coefficient (Wildman–Crippen LogP) is 4.45. The van der Waals surface area contributed by atoms with E-state index in [1.54, 1.807) is 18.0 Å². The van der Waals surface area contributed by atoms with E-state index in [1.165, 1.54) is 5.56 Å². The topological polar surface area (TPSA) is 41.5 Å². The molecule has 120 valence electrons. The van der Waals surface area contributed by atoms with Crippen molar-refractivity contribution < 1.29 is 4.79 Å². The van der Waals surface area contributed by atoms with E-state index in [2.05, 4.69) is 17.5 Å². The Morgan fingerprint density at radius 1 is 1.26 bits per heavy atom. The number of thioether (sulfide) groups is 1. The van der Waals surface area contributed by atoms with Crippen molar-refractivity contribution in [3.05, 3.63) is 64.2 Å². The van der Waals surface area contributed by atoms with E-state index < -0.39 is 0 Å². The zero-order valence-electron chi connectivity index (χ0n) is 13.2.